The van der Waals surface area contributed by atoms with Gasteiger partial charge in [0.1, 0.15) is 11.5 Å². The Hall–Kier alpha value is -2.31. The first-order valence-corrected chi connectivity index (χ1v) is 9.48. The fourth-order valence-electron chi connectivity index (χ4n) is 3.14. The van der Waals surface area contributed by atoms with E-state index in [0.717, 1.165) is 18.8 Å². The van der Waals surface area contributed by atoms with Gasteiger partial charge in [-0.25, -0.2) is 0 Å². The van der Waals surface area contributed by atoms with E-state index in [2.05, 4.69) is 24.1 Å². The molecule has 1 aliphatic heterocycles. The highest BCUT2D eigenvalue weighted by molar-refractivity contribution is 5.77. The van der Waals surface area contributed by atoms with E-state index in [9.17, 15) is 4.79 Å². The lowest BCUT2D eigenvalue weighted by Gasteiger charge is -2.33. The van der Waals surface area contributed by atoms with E-state index in [0.29, 0.717) is 31.4 Å². The van der Waals surface area contributed by atoms with Crippen molar-refractivity contribution >= 4 is 5.91 Å². The van der Waals surface area contributed by atoms with Crippen LogP contribution in [0.5, 0.6) is 5.75 Å². The minimum absolute atomic E-state index is 0.00169. The van der Waals surface area contributed by atoms with E-state index < -0.39 is 0 Å². The highest BCUT2D eigenvalue weighted by atomic mass is 16.5. The molecule has 0 bridgehead atoms. The van der Waals surface area contributed by atoms with Gasteiger partial charge >= 0.3 is 0 Å². The number of amides is 1. The van der Waals surface area contributed by atoms with Crippen molar-refractivity contribution in [2.24, 2.45) is 0 Å². The Morgan fingerprint density at radius 1 is 1.19 bits per heavy atom. The maximum absolute atomic E-state index is 12.2. The van der Waals surface area contributed by atoms with Crippen LogP contribution in [0.1, 0.15) is 37.1 Å². The summed E-state index contributed by atoms with van der Waals surface area (Å²) < 4.78 is 16.6. The smallest absolute Gasteiger partial charge is 0.258 e. The topological polar surface area (TPSA) is 63.9 Å². The summed E-state index contributed by atoms with van der Waals surface area (Å²) in [5.41, 5.74) is 1.25. The maximum Gasteiger partial charge on any atom is 0.258 e. The Bertz CT molecular complexity index is 691. The quantitative estimate of drug-likeness (QED) is 0.772. The van der Waals surface area contributed by atoms with Crippen molar-refractivity contribution in [2.75, 3.05) is 39.5 Å². The zero-order chi connectivity index (χ0) is 19.1. The van der Waals surface area contributed by atoms with E-state index in [4.69, 9.17) is 13.9 Å². The Morgan fingerprint density at radius 3 is 2.56 bits per heavy atom. The number of hydrogen-bond donors (Lipinski definition) is 1. The second-order valence-corrected chi connectivity index (χ2v) is 7.00. The summed E-state index contributed by atoms with van der Waals surface area (Å²) in [6.07, 6.45) is 1.66. The van der Waals surface area contributed by atoms with Gasteiger partial charge in [-0.05, 0) is 35.7 Å². The van der Waals surface area contributed by atoms with Gasteiger partial charge in [0, 0.05) is 19.6 Å². The summed E-state index contributed by atoms with van der Waals surface area (Å²) >= 11 is 0. The molecule has 6 heteroatoms. The number of nitrogens with one attached hydrogen (secondary N) is 1. The lowest BCUT2D eigenvalue weighted by atomic mass is 10.0. The molecule has 0 spiro atoms. The maximum atomic E-state index is 12.2. The SMILES string of the molecule is CC(C)c1ccc(OCC(=O)NC[C@@H](c2ccco2)N2CCOCC2)cc1. The van der Waals surface area contributed by atoms with Gasteiger partial charge in [-0.1, -0.05) is 26.0 Å². The summed E-state index contributed by atoms with van der Waals surface area (Å²) in [6.45, 7) is 7.79. The number of carbonyl (C=O) groups excluding carboxylic acids is 1. The van der Waals surface area contributed by atoms with Crippen LogP contribution in [0, 0.1) is 0 Å². The molecule has 1 aromatic carbocycles. The van der Waals surface area contributed by atoms with E-state index in [1.807, 2.05) is 36.4 Å². The average Bonchev–Trinajstić information content (AvgIpc) is 3.22. The van der Waals surface area contributed by atoms with Crippen LogP contribution in [0.4, 0.5) is 0 Å². The fraction of sp³-hybridized carbons (Fsp3) is 0.476. The second kappa shape index (κ2) is 9.58. The number of nitrogens with zero attached hydrogens (tertiary/aromatic N) is 1. The number of furan rings is 1. The molecule has 0 saturated carbocycles. The van der Waals surface area contributed by atoms with Gasteiger partial charge in [0.15, 0.2) is 6.61 Å². The molecule has 2 aromatic rings. The first kappa shape index (κ1) is 19.5. The monoisotopic (exact) mass is 372 g/mol. The lowest BCUT2D eigenvalue weighted by molar-refractivity contribution is -0.123. The van der Waals surface area contributed by atoms with Crippen LogP contribution < -0.4 is 10.1 Å². The van der Waals surface area contributed by atoms with E-state index in [1.165, 1.54) is 5.56 Å². The first-order valence-electron chi connectivity index (χ1n) is 9.48. The highest BCUT2D eigenvalue weighted by Crippen LogP contribution is 2.22. The summed E-state index contributed by atoms with van der Waals surface area (Å²) in [5.74, 6) is 1.88. The van der Waals surface area contributed by atoms with E-state index in [1.54, 1.807) is 6.26 Å². The van der Waals surface area contributed by atoms with Gasteiger partial charge in [-0.3, -0.25) is 9.69 Å². The van der Waals surface area contributed by atoms with Crippen LogP contribution in [-0.4, -0.2) is 50.3 Å². The van der Waals surface area contributed by atoms with Crippen LogP contribution >= 0.6 is 0 Å². The number of carbonyl (C=O) groups is 1. The van der Waals surface area contributed by atoms with Crippen LogP contribution in [0.25, 0.3) is 0 Å². The Balaban J connectivity index is 1.50. The van der Waals surface area contributed by atoms with Crippen LogP contribution in [0.2, 0.25) is 0 Å². The molecule has 1 aromatic heterocycles. The molecule has 1 N–H and O–H groups in total. The minimum Gasteiger partial charge on any atom is -0.484 e. The zero-order valence-corrected chi connectivity index (χ0v) is 16.0. The lowest BCUT2D eigenvalue weighted by Crippen LogP contribution is -2.44. The van der Waals surface area contributed by atoms with Crippen molar-refractivity contribution in [3.8, 4) is 5.75 Å². The first-order chi connectivity index (χ1) is 13.1. The molecular weight excluding hydrogens is 344 g/mol. The number of morpholine rings is 1. The summed E-state index contributed by atoms with van der Waals surface area (Å²) in [5, 5.41) is 2.96. The molecule has 2 heterocycles. The largest absolute Gasteiger partial charge is 0.484 e. The molecule has 146 valence electrons. The van der Waals surface area contributed by atoms with E-state index >= 15 is 0 Å². The Labute approximate surface area is 160 Å². The standard InChI is InChI=1S/C21H28N2O4/c1-16(2)17-5-7-18(8-6-17)27-15-21(24)22-14-19(20-4-3-11-26-20)23-9-12-25-13-10-23/h3-8,11,16,19H,9-10,12-15H2,1-2H3,(H,22,24)/t19-/m0/s1. The van der Waals surface area contributed by atoms with Crippen molar-refractivity contribution in [1.29, 1.82) is 0 Å². The van der Waals surface area contributed by atoms with Crippen LogP contribution in [-0.2, 0) is 9.53 Å². The molecule has 6 nitrogen and oxygen atoms in total. The molecule has 0 aliphatic carbocycles. The third kappa shape index (κ3) is 5.58. The summed E-state index contributed by atoms with van der Waals surface area (Å²) in [6, 6.07) is 11.7. The van der Waals surface area contributed by atoms with Crippen molar-refractivity contribution in [2.45, 2.75) is 25.8 Å². The molecule has 1 aliphatic rings. The molecule has 1 fully saturated rings. The summed E-state index contributed by atoms with van der Waals surface area (Å²) in [7, 11) is 0. The number of rotatable bonds is 8. The van der Waals surface area contributed by atoms with Gasteiger partial charge in [0.05, 0.1) is 25.5 Å². The zero-order valence-electron chi connectivity index (χ0n) is 16.0. The molecule has 1 atom stereocenters. The third-order valence-corrected chi connectivity index (χ3v) is 4.77. The van der Waals surface area contributed by atoms with Crippen molar-refractivity contribution in [3.63, 3.8) is 0 Å². The number of hydrogen-bond acceptors (Lipinski definition) is 5. The molecule has 27 heavy (non-hydrogen) atoms. The third-order valence-electron chi connectivity index (χ3n) is 4.77. The minimum atomic E-state index is -0.146. The highest BCUT2D eigenvalue weighted by Gasteiger charge is 2.25. The molecule has 0 unspecified atom stereocenters. The second-order valence-electron chi connectivity index (χ2n) is 7.00. The van der Waals surface area contributed by atoms with Crippen molar-refractivity contribution < 1.29 is 18.7 Å². The van der Waals surface area contributed by atoms with E-state index in [-0.39, 0.29) is 18.6 Å². The predicted molar refractivity (Wildman–Crippen MR) is 103 cm³/mol. The molecule has 3 rings (SSSR count). The van der Waals surface area contributed by atoms with Gasteiger partial charge in [0.25, 0.3) is 5.91 Å². The average molecular weight is 372 g/mol. The predicted octanol–water partition coefficient (Wildman–Crippen LogP) is 2.97. The van der Waals surface area contributed by atoms with Gasteiger partial charge in [-0.15, -0.1) is 0 Å². The molecular formula is C21H28N2O4. The fourth-order valence-corrected chi connectivity index (χ4v) is 3.14. The van der Waals surface area contributed by atoms with Crippen molar-refractivity contribution in [1.82, 2.24) is 10.2 Å². The molecule has 1 saturated heterocycles. The van der Waals surface area contributed by atoms with Gasteiger partial charge in [0.2, 0.25) is 0 Å². The Kier molecular flexibility index (Phi) is 6.90. The van der Waals surface area contributed by atoms with Gasteiger partial charge < -0.3 is 19.2 Å². The normalized spacial score (nSPS) is 16.3. The number of ether oxygens (including phenoxy) is 2. The molecule has 1 amide bonds. The van der Waals surface area contributed by atoms with Crippen molar-refractivity contribution in [3.05, 3.63) is 54.0 Å². The van der Waals surface area contributed by atoms with Crippen LogP contribution in [0.15, 0.2) is 47.1 Å². The summed E-state index contributed by atoms with van der Waals surface area (Å²) in [4.78, 5) is 14.5. The van der Waals surface area contributed by atoms with Crippen LogP contribution in [0.3, 0.4) is 0 Å². The number of benzene rings is 1. The molecule has 0 radical (unpaired) electrons. The Morgan fingerprint density at radius 2 is 1.93 bits per heavy atom. The van der Waals surface area contributed by atoms with Gasteiger partial charge in [-0.2, -0.15) is 0 Å².